The van der Waals surface area contributed by atoms with Crippen LogP contribution in [-0.2, 0) is 17.3 Å². The minimum Gasteiger partial charge on any atom is -0.310 e. The first-order chi connectivity index (χ1) is 39.0. The van der Waals surface area contributed by atoms with Gasteiger partial charge in [-0.05, 0) is 181 Å². The Morgan fingerprint density at radius 3 is 1.11 bits per heavy atom. The molecule has 0 aromatic heterocycles. The van der Waals surface area contributed by atoms with Crippen molar-refractivity contribution in [2.75, 3.05) is 9.80 Å². The minimum absolute atomic E-state index is 0.521. The highest BCUT2D eigenvalue weighted by molar-refractivity contribution is 5.93. The molecule has 15 rings (SSSR count). The van der Waals surface area contributed by atoms with E-state index in [1.807, 2.05) is 0 Å². The number of hydrogen-bond acceptors (Lipinski definition) is 2. The first kappa shape index (κ1) is 46.5. The molecule has 0 saturated carbocycles. The van der Waals surface area contributed by atoms with Crippen LogP contribution in [0.1, 0.15) is 66.8 Å². The molecule has 0 atom stereocenters. The van der Waals surface area contributed by atoms with Gasteiger partial charge in [0.15, 0.2) is 0 Å². The Morgan fingerprint density at radius 2 is 0.633 bits per heavy atom. The lowest BCUT2D eigenvalue weighted by atomic mass is 9.67. The van der Waals surface area contributed by atoms with Crippen LogP contribution >= 0.6 is 0 Å². The van der Waals surface area contributed by atoms with Gasteiger partial charge in [-0.15, -0.1) is 0 Å². The Bertz CT molecular complexity index is 4250. The lowest BCUT2D eigenvalue weighted by Crippen LogP contribution is -2.28. The molecule has 3 aliphatic rings. The molecule has 2 nitrogen and oxygen atoms in total. The van der Waals surface area contributed by atoms with Gasteiger partial charge in [0.1, 0.15) is 0 Å². The normalized spacial score (nSPS) is 13.6. The minimum atomic E-state index is -0.523. The van der Waals surface area contributed by atoms with Crippen LogP contribution in [0.15, 0.2) is 291 Å². The first-order valence-electron chi connectivity index (χ1n) is 27.7. The van der Waals surface area contributed by atoms with E-state index in [1.54, 1.807) is 0 Å². The molecular formula is C77H56N2. The Kier molecular flexibility index (Phi) is 10.9. The second kappa shape index (κ2) is 18.5. The second-order valence-electron chi connectivity index (χ2n) is 21.7. The van der Waals surface area contributed by atoms with Crippen LogP contribution in [0.2, 0.25) is 0 Å². The van der Waals surface area contributed by atoms with Crippen LogP contribution in [-0.4, -0.2) is 0 Å². The highest BCUT2D eigenvalue weighted by atomic mass is 15.2. The highest BCUT2D eigenvalue weighted by Gasteiger charge is 2.47. The third kappa shape index (κ3) is 7.11. The third-order valence-corrected chi connectivity index (χ3v) is 17.3. The van der Waals surface area contributed by atoms with Crippen molar-refractivity contribution < 1.29 is 0 Å². The maximum atomic E-state index is 2.51. The Hall–Kier alpha value is -9.76. The number of hydrogen-bond donors (Lipinski definition) is 0. The summed E-state index contributed by atoms with van der Waals surface area (Å²) in [5, 5.41) is 0. The van der Waals surface area contributed by atoms with Crippen molar-refractivity contribution in [2.45, 2.75) is 31.1 Å². The fourth-order valence-corrected chi connectivity index (χ4v) is 14.1. The molecule has 374 valence electrons. The summed E-state index contributed by atoms with van der Waals surface area (Å²) in [6, 6.07) is 109. The van der Waals surface area contributed by atoms with Crippen molar-refractivity contribution in [3.8, 4) is 33.4 Å². The van der Waals surface area contributed by atoms with Gasteiger partial charge in [-0.25, -0.2) is 0 Å². The Labute approximate surface area is 463 Å². The molecule has 3 aliphatic carbocycles. The number of rotatable bonds is 10. The molecule has 79 heavy (non-hydrogen) atoms. The zero-order valence-electron chi connectivity index (χ0n) is 44.3. The average Bonchev–Trinajstić information content (AvgIpc) is 3.26. The van der Waals surface area contributed by atoms with Crippen molar-refractivity contribution in [3.05, 3.63) is 358 Å². The maximum Gasteiger partial charge on any atom is 0.0714 e. The van der Waals surface area contributed by atoms with Gasteiger partial charge in [0.25, 0.3) is 0 Å². The van der Waals surface area contributed by atoms with E-state index in [0.29, 0.717) is 0 Å². The van der Waals surface area contributed by atoms with Gasteiger partial charge in [0.05, 0.1) is 16.5 Å². The van der Waals surface area contributed by atoms with Crippen molar-refractivity contribution in [2.24, 2.45) is 0 Å². The van der Waals surface area contributed by atoms with Crippen molar-refractivity contribution >= 4 is 34.1 Å². The summed E-state index contributed by atoms with van der Waals surface area (Å²) in [5.74, 6) is 0. The molecule has 0 spiro atoms. The van der Waals surface area contributed by atoms with Gasteiger partial charge in [-0.2, -0.15) is 0 Å². The summed E-state index contributed by atoms with van der Waals surface area (Å²) >= 11 is 0. The molecule has 0 bridgehead atoms. The first-order valence-corrected chi connectivity index (χ1v) is 27.7. The van der Waals surface area contributed by atoms with Crippen LogP contribution in [0.3, 0.4) is 0 Å². The molecule has 0 radical (unpaired) electrons. The molecule has 12 aromatic carbocycles. The molecule has 0 aliphatic heterocycles. The summed E-state index contributed by atoms with van der Waals surface area (Å²) in [6.45, 7) is 4.39. The topological polar surface area (TPSA) is 6.48 Å². The molecule has 0 N–H and O–H groups in total. The zero-order valence-corrected chi connectivity index (χ0v) is 44.3. The third-order valence-electron chi connectivity index (χ3n) is 17.3. The van der Waals surface area contributed by atoms with Crippen molar-refractivity contribution in [3.63, 3.8) is 0 Å². The number of nitrogens with zero attached hydrogens (tertiary/aromatic N) is 2. The number of aryl methyl sites for hydroxylation is 2. The summed E-state index contributed by atoms with van der Waals surface area (Å²) in [6.07, 6.45) is 0.816. The van der Waals surface area contributed by atoms with Gasteiger partial charge >= 0.3 is 0 Å². The van der Waals surface area contributed by atoms with Crippen LogP contribution in [0.4, 0.5) is 34.1 Å². The van der Waals surface area contributed by atoms with E-state index in [2.05, 4.69) is 315 Å². The standard InChI is InChI=1S/C77H56N2/c1-52-22-17-30-59(46-52)78(61-32-19-28-57(49-61)76(55-24-5-3-6-25-55)71-39-13-9-34-65(71)66-35-10-14-40-72(66)76)63-45-44-54-48-70-64(69(54)51-63)38-21-43-75(70)79(60-31-18-23-53(2)47-60)62-33-20-29-58(50-62)77(56-26-7-4-8-27-56)73-41-15-11-36-67(73)68-37-12-16-42-74(68)77/h3-47,49-51H,48H2,1-2H3. The van der Waals surface area contributed by atoms with E-state index in [0.717, 1.165) is 34.9 Å². The second-order valence-corrected chi connectivity index (χ2v) is 21.7. The molecular weight excluding hydrogens is 953 g/mol. The summed E-state index contributed by atoms with van der Waals surface area (Å²) in [4.78, 5) is 4.98. The van der Waals surface area contributed by atoms with Gasteiger partial charge in [0, 0.05) is 34.9 Å². The predicted molar refractivity (Wildman–Crippen MR) is 328 cm³/mol. The van der Waals surface area contributed by atoms with Crippen LogP contribution in [0, 0.1) is 13.8 Å². The summed E-state index contributed by atoms with van der Waals surface area (Å²) in [5.41, 5.74) is 28.7. The van der Waals surface area contributed by atoms with Crippen molar-refractivity contribution in [1.82, 2.24) is 0 Å². The highest BCUT2D eigenvalue weighted by Crippen LogP contribution is 2.59. The van der Waals surface area contributed by atoms with Gasteiger partial charge in [-0.3, -0.25) is 0 Å². The maximum absolute atomic E-state index is 2.51. The SMILES string of the molecule is Cc1cccc(N(c2cccc(C3(c4ccccc4)c4ccccc4-c4ccccc43)c2)c2ccc3c(c2)-c2cccc(N(c4cccc(C)c4)c4cccc(C5(c6ccccc6)c6ccccc6-c6ccccc65)c4)c2C3)c1. The Balaban J connectivity index is 0.885. The smallest absolute Gasteiger partial charge is 0.0714 e. The lowest BCUT2D eigenvalue weighted by Gasteiger charge is -2.35. The number of fused-ring (bicyclic) bond motifs is 9. The molecule has 12 aromatic rings. The molecule has 0 saturated heterocycles. The quantitative estimate of drug-likeness (QED) is 0.135. The predicted octanol–water partition coefficient (Wildman–Crippen LogP) is 19.5. The summed E-state index contributed by atoms with van der Waals surface area (Å²) in [7, 11) is 0. The van der Waals surface area contributed by atoms with Crippen LogP contribution < -0.4 is 9.80 Å². The molecule has 0 amide bonds. The molecule has 0 fully saturated rings. The molecule has 0 heterocycles. The van der Waals surface area contributed by atoms with Gasteiger partial charge in [-0.1, -0.05) is 224 Å². The van der Waals surface area contributed by atoms with Crippen LogP contribution in [0.5, 0.6) is 0 Å². The molecule has 0 unspecified atom stereocenters. The largest absolute Gasteiger partial charge is 0.310 e. The van der Waals surface area contributed by atoms with Crippen LogP contribution in [0.25, 0.3) is 33.4 Å². The van der Waals surface area contributed by atoms with E-state index in [4.69, 9.17) is 0 Å². The van der Waals surface area contributed by atoms with Gasteiger partial charge < -0.3 is 9.80 Å². The van der Waals surface area contributed by atoms with Crippen molar-refractivity contribution in [1.29, 1.82) is 0 Å². The molecule has 2 heteroatoms. The fraction of sp³-hybridized carbons (Fsp3) is 0.0649. The van der Waals surface area contributed by atoms with E-state index in [-0.39, 0.29) is 0 Å². The monoisotopic (exact) mass is 1010 g/mol. The van der Waals surface area contributed by atoms with Gasteiger partial charge in [0.2, 0.25) is 0 Å². The number of benzene rings is 12. The average molecular weight is 1010 g/mol. The number of anilines is 6. The fourth-order valence-electron chi connectivity index (χ4n) is 14.1. The zero-order chi connectivity index (χ0) is 52.7. The van der Waals surface area contributed by atoms with E-state index in [9.17, 15) is 0 Å². The lowest BCUT2D eigenvalue weighted by molar-refractivity contribution is 0.768. The Morgan fingerprint density at radius 1 is 0.266 bits per heavy atom. The summed E-state index contributed by atoms with van der Waals surface area (Å²) < 4.78 is 0. The van der Waals surface area contributed by atoms with E-state index >= 15 is 0 Å². The van der Waals surface area contributed by atoms with E-state index in [1.165, 1.54) is 106 Å². The van der Waals surface area contributed by atoms with E-state index < -0.39 is 10.8 Å².